The highest BCUT2D eigenvalue weighted by molar-refractivity contribution is 5.93. The van der Waals surface area contributed by atoms with Crippen LogP contribution in [0.3, 0.4) is 0 Å². The number of carbonyl (C=O) groups excluding carboxylic acids is 1. The molecule has 2 rings (SSSR count). The van der Waals surface area contributed by atoms with Crippen LogP contribution in [-0.2, 0) is 0 Å². The van der Waals surface area contributed by atoms with Crippen molar-refractivity contribution in [3.63, 3.8) is 0 Å². The Balaban J connectivity index is 2.08. The van der Waals surface area contributed by atoms with Crippen LogP contribution in [0.4, 0.5) is 0 Å². The number of amides is 1. The Morgan fingerprint density at radius 3 is 2.53 bits per heavy atom. The molecule has 2 aromatic rings. The lowest BCUT2D eigenvalue weighted by molar-refractivity contribution is 0.0951. The van der Waals surface area contributed by atoms with E-state index in [9.17, 15) is 4.79 Å². The summed E-state index contributed by atoms with van der Waals surface area (Å²) in [5, 5.41) is 2.70. The van der Waals surface area contributed by atoms with E-state index in [1.54, 1.807) is 12.4 Å². The quantitative estimate of drug-likeness (QED) is 0.837. The number of aromatic nitrogens is 3. The van der Waals surface area contributed by atoms with Crippen molar-refractivity contribution in [3.05, 3.63) is 42.5 Å². The summed E-state index contributed by atoms with van der Waals surface area (Å²) in [5.74, 6) is 0.338. The van der Waals surface area contributed by atoms with E-state index < -0.39 is 0 Å². The molecule has 0 aliphatic carbocycles. The lowest BCUT2D eigenvalue weighted by Gasteiger charge is -2.07. The van der Waals surface area contributed by atoms with Gasteiger partial charge in [0.2, 0.25) is 0 Å². The van der Waals surface area contributed by atoms with Crippen LogP contribution in [-0.4, -0.2) is 33.4 Å². The second kappa shape index (κ2) is 6.01. The minimum absolute atomic E-state index is 0.0824. The maximum absolute atomic E-state index is 11.7. The highest BCUT2D eigenvalue weighted by Crippen LogP contribution is 2.12. The molecule has 0 saturated carbocycles. The molecular weight excluding hydrogens is 242 g/mol. The molecule has 0 radical (unpaired) electrons. The van der Waals surface area contributed by atoms with Crippen LogP contribution < -0.4 is 11.1 Å². The molecule has 0 unspecified atom stereocenters. The minimum Gasteiger partial charge on any atom is -0.350 e. The molecule has 0 aromatic carbocycles. The molecule has 0 saturated heterocycles. The Hall–Kier alpha value is -2.34. The minimum atomic E-state index is -0.224. The summed E-state index contributed by atoms with van der Waals surface area (Å²) in [5.41, 5.74) is 6.84. The predicted molar refractivity (Wildman–Crippen MR) is 71.2 cm³/mol. The Morgan fingerprint density at radius 1 is 1.32 bits per heavy atom. The van der Waals surface area contributed by atoms with E-state index in [0.29, 0.717) is 17.9 Å². The van der Waals surface area contributed by atoms with Gasteiger partial charge < -0.3 is 11.1 Å². The van der Waals surface area contributed by atoms with E-state index in [0.717, 1.165) is 5.56 Å². The van der Waals surface area contributed by atoms with E-state index >= 15 is 0 Å². The molecule has 2 aromatic heterocycles. The molecule has 1 atom stereocenters. The Kier molecular flexibility index (Phi) is 4.15. The van der Waals surface area contributed by atoms with Gasteiger partial charge in [-0.3, -0.25) is 9.78 Å². The second-order valence-corrected chi connectivity index (χ2v) is 4.22. The van der Waals surface area contributed by atoms with Gasteiger partial charge in [-0.1, -0.05) is 0 Å². The van der Waals surface area contributed by atoms with E-state index in [2.05, 4.69) is 20.3 Å². The first-order valence-corrected chi connectivity index (χ1v) is 5.93. The summed E-state index contributed by atoms with van der Waals surface area (Å²) in [6.07, 6.45) is 6.34. The third-order valence-electron chi connectivity index (χ3n) is 2.44. The summed E-state index contributed by atoms with van der Waals surface area (Å²) in [6, 6.07) is 3.54. The van der Waals surface area contributed by atoms with Crippen molar-refractivity contribution in [3.8, 4) is 11.4 Å². The molecule has 0 bridgehead atoms. The van der Waals surface area contributed by atoms with Gasteiger partial charge in [0.25, 0.3) is 5.91 Å². The molecule has 0 fully saturated rings. The van der Waals surface area contributed by atoms with Crippen molar-refractivity contribution < 1.29 is 4.79 Å². The van der Waals surface area contributed by atoms with Crippen molar-refractivity contribution in [1.82, 2.24) is 20.3 Å². The van der Waals surface area contributed by atoms with Crippen molar-refractivity contribution in [2.24, 2.45) is 5.73 Å². The molecule has 6 heteroatoms. The molecule has 0 spiro atoms. The number of nitrogens with one attached hydrogen (secondary N) is 1. The van der Waals surface area contributed by atoms with E-state index in [1.165, 1.54) is 12.4 Å². The van der Waals surface area contributed by atoms with Crippen molar-refractivity contribution in [2.45, 2.75) is 13.0 Å². The first-order chi connectivity index (χ1) is 9.16. The number of hydrogen-bond donors (Lipinski definition) is 2. The van der Waals surface area contributed by atoms with Crippen LogP contribution in [0.15, 0.2) is 36.9 Å². The molecule has 19 heavy (non-hydrogen) atoms. The maximum atomic E-state index is 11.7. The zero-order chi connectivity index (χ0) is 13.7. The van der Waals surface area contributed by atoms with E-state index in [4.69, 9.17) is 5.73 Å². The fourth-order valence-electron chi connectivity index (χ4n) is 1.45. The normalized spacial score (nSPS) is 11.9. The van der Waals surface area contributed by atoms with E-state index in [1.807, 2.05) is 19.1 Å². The predicted octanol–water partition coefficient (Wildman–Crippen LogP) is 0.616. The van der Waals surface area contributed by atoms with Gasteiger partial charge in [0.1, 0.15) is 0 Å². The van der Waals surface area contributed by atoms with Gasteiger partial charge in [0, 0.05) is 42.9 Å². The Morgan fingerprint density at radius 2 is 1.95 bits per heavy atom. The maximum Gasteiger partial charge on any atom is 0.254 e. The smallest absolute Gasteiger partial charge is 0.254 e. The summed E-state index contributed by atoms with van der Waals surface area (Å²) in [4.78, 5) is 24.0. The zero-order valence-corrected chi connectivity index (χ0v) is 10.6. The SMILES string of the molecule is C[C@H](N)CNC(=O)c1cnc(-c2ccncc2)nc1. The molecule has 2 heterocycles. The number of rotatable bonds is 4. The summed E-state index contributed by atoms with van der Waals surface area (Å²) in [7, 11) is 0. The summed E-state index contributed by atoms with van der Waals surface area (Å²) < 4.78 is 0. The lowest BCUT2D eigenvalue weighted by Crippen LogP contribution is -2.35. The first kappa shape index (κ1) is 13.1. The van der Waals surface area contributed by atoms with Crippen LogP contribution in [0.1, 0.15) is 17.3 Å². The summed E-state index contributed by atoms with van der Waals surface area (Å²) >= 11 is 0. The highest BCUT2D eigenvalue weighted by Gasteiger charge is 2.08. The van der Waals surface area contributed by atoms with Crippen LogP contribution in [0.2, 0.25) is 0 Å². The topological polar surface area (TPSA) is 93.8 Å². The monoisotopic (exact) mass is 257 g/mol. The Labute approximate surface area is 111 Å². The van der Waals surface area contributed by atoms with Gasteiger partial charge in [0.05, 0.1) is 5.56 Å². The number of carbonyl (C=O) groups is 1. The van der Waals surface area contributed by atoms with Crippen LogP contribution in [0.5, 0.6) is 0 Å². The van der Waals surface area contributed by atoms with E-state index in [-0.39, 0.29) is 11.9 Å². The molecule has 0 aliphatic heterocycles. The fraction of sp³-hybridized carbons (Fsp3) is 0.231. The van der Waals surface area contributed by atoms with Gasteiger partial charge in [-0.2, -0.15) is 0 Å². The third kappa shape index (κ3) is 3.56. The van der Waals surface area contributed by atoms with Gasteiger partial charge in [-0.15, -0.1) is 0 Å². The molecule has 0 aliphatic rings. The molecule has 98 valence electrons. The second-order valence-electron chi connectivity index (χ2n) is 4.22. The van der Waals surface area contributed by atoms with Gasteiger partial charge in [-0.25, -0.2) is 9.97 Å². The van der Waals surface area contributed by atoms with Crippen molar-refractivity contribution in [1.29, 1.82) is 0 Å². The molecule has 6 nitrogen and oxygen atoms in total. The largest absolute Gasteiger partial charge is 0.350 e. The van der Waals surface area contributed by atoms with Crippen molar-refractivity contribution in [2.75, 3.05) is 6.54 Å². The first-order valence-electron chi connectivity index (χ1n) is 5.93. The Bertz CT molecular complexity index is 539. The number of hydrogen-bond acceptors (Lipinski definition) is 5. The fourth-order valence-corrected chi connectivity index (χ4v) is 1.45. The lowest BCUT2D eigenvalue weighted by atomic mass is 10.2. The highest BCUT2D eigenvalue weighted by atomic mass is 16.1. The van der Waals surface area contributed by atoms with Crippen LogP contribution >= 0.6 is 0 Å². The van der Waals surface area contributed by atoms with Gasteiger partial charge in [-0.05, 0) is 19.1 Å². The summed E-state index contributed by atoms with van der Waals surface area (Å²) in [6.45, 7) is 2.24. The van der Waals surface area contributed by atoms with Gasteiger partial charge >= 0.3 is 0 Å². The zero-order valence-electron chi connectivity index (χ0n) is 10.6. The average molecular weight is 257 g/mol. The average Bonchev–Trinajstić information content (AvgIpc) is 2.46. The molecular formula is C13H15N5O. The van der Waals surface area contributed by atoms with Crippen molar-refractivity contribution >= 4 is 5.91 Å². The van der Waals surface area contributed by atoms with Crippen LogP contribution in [0, 0.1) is 0 Å². The molecule has 3 N–H and O–H groups in total. The standard InChI is InChI=1S/C13H15N5O/c1-9(14)6-18-13(19)11-7-16-12(17-8-11)10-2-4-15-5-3-10/h2-5,7-9H,6,14H2,1H3,(H,18,19)/t9-/m0/s1. The number of pyridine rings is 1. The van der Waals surface area contributed by atoms with Gasteiger partial charge in [0.15, 0.2) is 5.82 Å². The van der Waals surface area contributed by atoms with Crippen LogP contribution in [0.25, 0.3) is 11.4 Å². The molecule has 1 amide bonds. The number of nitrogens with zero attached hydrogens (tertiary/aromatic N) is 3. The third-order valence-corrected chi connectivity index (χ3v) is 2.44. The number of nitrogens with two attached hydrogens (primary N) is 1.